The third-order valence-electron chi connectivity index (χ3n) is 3.31. The minimum Gasteiger partial charge on any atom is -0.448 e. The van der Waals surface area contributed by atoms with E-state index in [1.807, 2.05) is 6.07 Å². The Morgan fingerprint density at radius 1 is 1.17 bits per heavy atom. The number of carbonyl (C=O) groups excluding carboxylic acids is 3. The average Bonchev–Trinajstić information content (AvgIpc) is 2.90. The minimum atomic E-state index is -0.960. The molecule has 0 aliphatic rings. The van der Waals surface area contributed by atoms with Gasteiger partial charge in [-0.1, -0.05) is 18.2 Å². The number of hydrogen-bond acceptors (Lipinski definition) is 4. The summed E-state index contributed by atoms with van der Waals surface area (Å²) in [6, 6.07) is 10.3. The average molecular weight is 314 g/mol. The van der Waals surface area contributed by atoms with Crippen LogP contribution in [0, 0.1) is 0 Å². The number of aryl methyl sites for hydroxylation is 1. The molecule has 6 heteroatoms. The second-order valence-electron chi connectivity index (χ2n) is 5.18. The van der Waals surface area contributed by atoms with Crippen LogP contribution in [0.3, 0.4) is 0 Å². The van der Waals surface area contributed by atoms with Crippen molar-refractivity contribution in [2.24, 2.45) is 7.05 Å². The number of amides is 1. The van der Waals surface area contributed by atoms with Gasteiger partial charge in [0, 0.05) is 24.5 Å². The molecule has 23 heavy (non-hydrogen) atoms. The molecule has 1 N–H and O–H groups in total. The van der Waals surface area contributed by atoms with E-state index in [0.29, 0.717) is 11.3 Å². The number of hydrogen-bond donors (Lipinski definition) is 1. The highest BCUT2D eigenvalue weighted by Crippen LogP contribution is 2.12. The lowest BCUT2D eigenvalue weighted by Crippen LogP contribution is -2.30. The Morgan fingerprint density at radius 3 is 2.39 bits per heavy atom. The smallest absolute Gasteiger partial charge is 0.355 e. The first-order valence-electron chi connectivity index (χ1n) is 7.12. The summed E-state index contributed by atoms with van der Waals surface area (Å²) in [5, 5.41) is 2.66. The summed E-state index contributed by atoms with van der Waals surface area (Å²) in [6.07, 6.45) is 0.589. The minimum absolute atomic E-state index is 0.144. The van der Waals surface area contributed by atoms with Crippen LogP contribution in [0.5, 0.6) is 0 Å². The zero-order valence-electron chi connectivity index (χ0n) is 13.2. The van der Waals surface area contributed by atoms with Crippen LogP contribution in [0.1, 0.15) is 34.7 Å². The number of nitrogens with zero attached hydrogens (tertiary/aromatic N) is 1. The molecule has 1 atom stereocenters. The van der Waals surface area contributed by atoms with Crippen molar-refractivity contribution in [3.63, 3.8) is 0 Å². The predicted molar refractivity (Wildman–Crippen MR) is 85.4 cm³/mol. The number of rotatable bonds is 5. The van der Waals surface area contributed by atoms with Gasteiger partial charge in [0.1, 0.15) is 5.69 Å². The van der Waals surface area contributed by atoms with E-state index in [1.54, 1.807) is 37.5 Å². The SMILES string of the molecule is CC(=O)c1cc(C(=O)O[C@@H](C)C(=O)Nc2ccccc2)n(C)c1. The van der Waals surface area contributed by atoms with Gasteiger partial charge in [-0.15, -0.1) is 0 Å². The van der Waals surface area contributed by atoms with Gasteiger partial charge in [-0.05, 0) is 32.0 Å². The summed E-state index contributed by atoms with van der Waals surface area (Å²) in [5.41, 5.74) is 1.26. The van der Waals surface area contributed by atoms with Crippen LogP contribution in [0.2, 0.25) is 0 Å². The Kier molecular flexibility index (Phi) is 4.95. The van der Waals surface area contributed by atoms with Gasteiger partial charge >= 0.3 is 5.97 Å². The molecule has 0 radical (unpaired) electrons. The van der Waals surface area contributed by atoms with Gasteiger partial charge in [0.2, 0.25) is 0 Å². The van der Waals surface area contributed by atoms with E-state index in [0.717, 1.165) is 0 Å². The summed E-state index contributed by atoms with van der Waals surface area (Å²) >= 11 is 0. The van der Waals surface area contributed by atoms with Gasteiger partial charge in [-0.3, -0.25) is 9.59 Å². The van der Waals surface area contributed by atoms with E-state index in [1.165, 1.54) is 24.5 Å². The number of esters is 1. The maximum absolute atomic E-state index is 12.1. The summed E-state index contributed by atoms with van der Waals surface area (Å²) in [6.45, 7) is 2.91. The highest BCUT2D eigenvalue weighted by atomic mass is 16.5. The summed E-state index contributed by atoms with van der Waals surface area (Å²) in [4.78, 5) is 35.5. The van der Waals surface area contributed by atoms with Crippen molar-refractivity contribution >= 4 is 23.3 Å². The number of benzene rings is 1. The van der Waals surface area contributed by atoms with Gasteiger partial charge in [0.15, 0.2) is 11.9 Å². The molecule has 0 unspecified atom stereocenters. The summed E-state index contributed by atoms with van der Waals surface area (Å²) in [5.74, 6) is -1.23. The Hall–Kier alpha value is -2.89. The Bertz CT molecular complexity index is 734. The molecule has 2 rings (SSSR count). The number of para-hydroxylation sites is 1. The molecule has 0 aliphatic heterocycles. The molecule has 0 fully saturated rings. The van der Waals surface area contributed by atoms with Gasteiger partial charge in [-0.2, -0.15) is 0 Å². The first-order valence-corrected chi connectivity index (χ1v) is 7.12. The number of Topliss-reactive ketones (excluding diaryl/α,β-unsaturated/α-hetero) is 1. The van der Waals surface area contributed by atoms with Crippen LogP contribution in [0.15, 0.2) is 42.6 Å². The first kappa shape index (κ1) is 16.5. The van der Waals surface area contributed by atoms with Crippen molar-refractivity contribution in [3.05, 3.63) is 53.9 Å². The molecular formula is C17H18N2O4. The third-order valence-corrected chi connectivity index (χ3v) is 3.31. The van der Waals surface area contributed by atoms with Gasteiger partial charge in [0.05, 0.1) is 0 Å². The molecule has 1 heterocycles. The highest BCUT2D eigenvalue weighted by molar-refractivity contribution is 5.99. The molecule has 0 aliphatic carbocycles. The van der Waals surface area contributed by atoms with E-state index in [4.69, 9.17) is 4.74 Å². The summed E-state index contributed by atoms with van der Waals surface area (Å²) < 4.78 is 6.66. The summed E-state index contributed by atoms with van der Waals surface area (Å²) in [7, 11) is 1.64. The Morgan fingerprint density at radius 2 is 1.83 bits per heavy atom. The van der Waals surface area contributed by atoms with Crippen molar-refractivity contribution in [1.82, 2.24) is 4.57 Å². The van der Waals surface area contributed by atoms with Gasteiger partial charge in [-0.25, -0.2) is 4.79 Å². The standard InChI is InChI=1S/C17H18N2O4/c1-11(20)13-9-15(19(3)10-13)17(22)23-12(2)16(21)18-14-7-5-4-6-8-14/h4-10,12H,1-3H3,(H,18,21)/t12-/m0/s1. The largest absolute Gasteiger partial charge is 0.448 e. The zero-order valence-corrected chi connectivity index (χ0v) is 13.2. The van der Waals surface area contributed by atoms with E-state index in [9.17, 15) is 14.4 Å². The maximum Gasteiger partial charge on any atom is 0.355 e. The molecule has 0 spiro atoms. The van der Waals surface area contributed by atoms with E-state index in [2.05, 4.69) is 5.32 Å². The van der Waals surface area contributed by atoms with Crippen molar-refractivity contribution < 1.29 is 19.1 Å². The molecule has 120 valence electrons. The van der Waals surface area contributed by atoms with Crippen molar-refractivity contribution in [2.75, 3.05) is 5.32 Å². The molecule has 1 amide bonds. The number of ketones is 1. The number of nitrogens with one attached hydrogen (secondary N) is 1. The highest BCUT2D eigenvalue weighted by Gasteiger charge is 2.21. The molecule has 1 aromatic heterocycles. The normalized spacial score (nSPS) is 11.6. The Balaban J connectivity index is 2.02. The second kappa shape index (κ2) is 6.91. The zero-order chi connectivity index (χ0) is 17.0. The lowest BCUT2D eigenvalue weighted by atomic mass is 10.2. The molecule has 1 aromatic carbocycles. The third kappa shape index (κ3) is 4.06. The second-order valence-corrected chi connectivity index (χ2v) is 5.18. The molecule has 0 bridgehead atoms. The fraction of sp³-hybridized carbons (Fsp3) is 0.235. The maximum atomic E-state index is 12.1. The van der Waals surface area contributed by atoms with Gasteiger partial charge < -0.3 is 14.6 Å². The molecule has 0 saturated carbocycles. The first-order chi connectivity index (χ1) is 10.9. The number of aromatic nitrogens is 1. The molecule has 0 saturated heterocycles. The van der Waals surface area contributed by atoms with Crippen molar-refractivity contribution in [1.29, 1.82) is 0 Å². The Labute approximate surface area is 134 Å². The fourth-order valence-electron chi connectivity index (χ4n) is 2.00. The van der Waals surface area contributed by atoms with Crippen LogP contribution >= 0.6 is 0 Å². The van der Waals surface area contributed by atoms with E-state index in [-0.39, 0.29) is 11.5 Å². The van der Waals surface area contributed by atoms with Gasteiger partial charge in [0.25, 0.3) is 5.91 Å². The van der Waals surface area contributed by atoms with Crippen LogP contribution in [-0.2, 0) is 16.6 Å². The topological polar surface area (TPSA) is 77.4 Å². The number of ether oxygens (including phenoxy) is 1. The lowest BCUT2D eigenvalue weighted by molar-refractivity contribution is -0.123. The van der Waals surface area contributed by atoms with Crippen LogP contribution < -0.4 is 5.32 Å². The van der Waals surface area contributed by atoms with Crippen LogP contribution in [-0.4, -0.2) is 28.3 Å². The van der Waals surface area contributed by atoms with E-state index >= 15 is 0 Å². The number of carbonyl (C=O) groups is 3. The molecule has 2 aromatic rings. The van der Waals surface area contributed by atoms with E-state index < -0.39 is 18.0 Å². The number of anilines is 1. The van der Waals surface area contributed by atoms with Crippen LogP contribution in [0.4, 0.5) is 5.69 Å². The molecule has 6 nitrogen and oxygen atoms in total. The predicted octanol–water partition coefficient (Wildman–Crippen LogP) is 2.41. The fourth-order valence-corrected chi connectivity index (χ4v) is 2.00. The monoisotopic (exact) mass is 314 g/mol. The van der Waals surface area contributed by atoms with Crippen molar-refractivity contribution in [3.8, 4) is 0 Å². The lowest BCUT2D eigenvalue weighted by Gasteiger charge is -2.13. The van der Waals surface area contributed by atoms with Crippen LogP contribution in [0.25, 0.3) is 0 Å². The van der Waals surface area contributed by atoms with Crippen molar-refractivity contribution in [2.45, 2.75) is 20.0 Å². The quantitative estimate of drug-likeness (QED) is 0.679. The molecular weight excluding hydrogens is 296 g/mol.